The van der Waals surface area contributed by atoms with Crippen molar-refractivity contribution in [2.45, 2.75) is 23.8 Å². The lowest BCUT2D eigenvalue weighted by Crippen LogP contribution is -2.41. The monoisotopic (exact) mass is 399 g/mol. The molecule has 1 heterocycles. The van der Waals surface area contributed by atoms with Gasteiger partial charge in [-0.15, -0.1) is 0 Å². The lowest BCUT2D eigenvalue weighted by atomic mass is 10.1. The van der Waals surface area contributed by atoms with Gasteiger partial charge in [-0.1, -0.05) is 11.6 Å². The first-order valence-electron chi connectivity index (χ1n) is 8.16. The summed E-state index contributed by atoms with van der Waals surface area (Å²) in [7, 11) is -2.29. The van der Waals surface area contributed by atoms with Gasteiger partial charge in [0.25, 0.3) is 0 Å². The van der Waals surface area contributed by atoms with Gasteiger partial charge in [0.05, 0.1) is 7.11 Å². The fourth-order valence-electron chi connectivity index (χ4n) is 2.89. The SMILES string of the molecule is COc1ccc(Cl)cc1S(=O)(=O)N1CCC(Oc2ccc(F)cc2)CC1. The maximum absolute atomic E-state index is 13.0. The van der Waals surface area contributed by atoms with Crippen LogP contribution in [-0.2, 0) is 10.0 Å². The molecular weight excluding hydrogens is 381 g/mol. The zero-order valence-electron chi connectivity index (χ0n) is 14.2. The molecule has 0 aromatic heterocycles. The average molecular weight is 400 g/mol. The van der Waals surface area contributed by atoms with Crippen molar-refractivity contribution in [2.24, 2.45) is 0 Å². The fraction of sp³-hybridized carbons (Fsp3) is 0.333. The maximum atomic E-state index is 13.0. The molecule has 0 N–H and O–H groups in total. The second-order valence-corrected chi connectivity index (χ2v) is 8.31. The molecule has 1 fully saturated rings. The van der Waals surface area contributed by atoms with Gasteiger partial charge in [0, 0.05) is 18.1 Å². The van der Waals surface area contributed by atoms with E-state index in [2.05, 4.69) is 0 Å². The van der Waals surface area contributed by atoms with Crippen LogP contribution in [0.4, 0.5) is 4.39 Å². The number of rotatable bonds is 5. The summed E-state index contributed by atoms with van der Waals surface area (Å²) in [5.74, 6) is 0.511. The molecule has 0 bridgehead atoms. The predicted molar refractivity (Wildman–Crippen MR) is 96.8 cm³/mol. The highest BCUT2D eigenvalue weighted by Gasteiger charge is 2.32. The molecule has 8 heteroatoms. The lowest BCUT2D eigenvalue weighted by molar-refractivity contribution is 0.135. The highest BCUT2D eigenvalue weighted by Crippen LogP contribution is 2.31. The third kappa shape index (κ3) is 4.11. The summed E-state index contributed by atoms with van der Waals surface area (Å²) in [6.07, 6.45) is 0.965. The van der Waals surface area contributed by atoms with E-state index in [0.717, 1.165) is 0 Å². The summed E-state index contributed by atoms with van der Waals surface area (Å²) in [6, 6.07) is 10.3. The quantitative estimate of drug-likeness (QED) is 0.768. The number of hydrogen-bond acceptors (Lipinski definition) is 4. The second kappa shape index (κ2) is 7.82. The van der Waals surface area contributed by atoms with Gasteiger partial charge in [-0.3, -0.25) is 0 Å². The summed E-state index contributed by atoms with van der Waals surface area (Å²) in [5.41, 5.74) is 0. The molecule has 0 unspecified atom stereocenters. The molecule has 1 aliphatic heterocycles. The number of hydrogen-bond donors (Lipinski definition) is 0. The molecule has 1 saturated heterocycles. The van der Waals surface area contributed by atoms with Gasteiger partial charge in [-0.2, -0.15) is 4.31 Å². The average Bonchev–Trinajstić information content (AvgIpc) is 2.64. The summed E-state index contributed by atoms with van der Waals surface area (Å²) in [4.78, 5) is 0.0606. The van der Waals surface area contributed by atoms with E-state index in [1.54, 1.807) is 24.3 Å². The van der Waals surface area contributed by atoms with Gasteiger partial charge in [0.2, 0.25) is 10.0 Å². The van der Waals surface area contributed by atoms with Gasteiger partial charge in [0.15, 0.2) is 0 Å². The van der Waals surface area contributed by atoms with Gasteiger partial charge >= 0.3 is 0 Å². The molecule has 0 spiro atoms. The van der Waals surface area contributed by atoms with E-state index in [0.29, 0.717) is 36.7 Å². The number of sulfonamides is 1. The molecule has 2 aromatic rings. The Morgan fingerprint density at radius 3 is 2.38 bits per heavy atom. The second-order valence-electron chi connectivity index (χ2n) is 5.97. The smallest absolute Gasteiger partial charge is 0.246 e. The van der Waals surface area contributed by atoms with Crippen molar-refractivity contribution < 1.29 is 22.3 Å². The van der Waals surface area contributed by atoms with Crippen molar-refractivity contribution in [3.63, 3.8) is 0 Å². The Morgan fingerprint density at radius 2 is 1.77 bits per heavy atom. The van der Waals surface area contributed by atoms with E-state index in [1.165, 1.54) is 29.6 Å². The highest BCUT2D eigenvalue weighted by molar-refractivity contribution is 7.89. The van der Waals surface area contributed by atoms with Crippen molar-refractivity contribution in [2.75, 3.05) is 20.2 Å². The highest BCUT2D eigenvalue weighted by atomic mass is 35.5. The molecule has 0 atom stereocenters. The largest absolute Gasteiger partial charge is 0.495 e. The molecular formula is C18H19ClFNO4S. The molecule has 5 nitrogen and oxygen atoms in total. The lowest BCUT2D eigenvalue weighted by Gasteiger charge is -2.31. The zero-order chi connectivity index (χ0) is 18.7. The number of benzene rings is 2. The minimum Gasteiger partial charge on any atom is -0.495 e. The van der Waals surface area contributed by atoms with Crippen LogP contribution in [0.3, 0.4) is 0 Å². The molecule has 1 aliphatic rings. The van der Waals surface area contributed by atoms with E-state index in [4.69, 9.17) is 21.1 Å². The fourth-order valence-corrected chi connectivity index (χ4v) is 4.78. The van der Waals surface area contributed by atoms with Crippen LogP contribution in [0.1, 0.15) is 12.8 Å². The number of piperidine rings is 1. The number of nitrogens with zero attached hydrogens (tertiary/aromatic N) is 1. The Morgan fingerprint density at radius 1 is 1.12 bits per heavy atom. The van der Waals surface area contributed by atoms with Crippen molar-refractivity contribution in [3.05, 3.63) is 53.3 Å². The third-order valence-corrected chi connectivity index (χ3v) is 6.42. The van der Waals surface area contributed by atoms with E-state index in [1.807, 2.05) is 0 Å². The first-order chi connectivity index (χ1) is 12.4. The van der Waals surface area contributed by atoms with Crippen LogP contribution in [0.25, 0.3) is 0 Å². The minimum absolute atomic E-state index is 0.0606. The Bertz CT molecular complexity index is 865. The summed E-state index contributed by atoms with van der Waals surface area (Å²) >= 11 is 5.96. The summed E-state index contributed by atoms with van der Waals surface area (Å²) < 4.78 is 51.2. The zero-order valence-corrected chi connectivity index (χ0v) is 15.8. The topological polar surface area (TPSA) is 55.8 Å². The van der Waals surface area contributed by atoms with Crippen LogP contribution < -0.4 is 9.47 Å². The molecule has 26 heavy (non-hydrogen) atoms. The number of methoxy groups -OCH3 is 1. The summed E-state index contributed by atoms with van der Waals surface area (Å²) in [5, 5.41) is 0.332. The van der Waals surface area contributed by atoms with E-state index < -0.39 is 10.0 Å². The van der Waals surface area contributed by atoms with E-state index in [-0.39, 0.29) is 22.6 Å². The van der Waals surface area contributed by atoms with Gasteiger partial charge in [-0.25, -0.2) is 12.8 Å². The molecule has 0 aliphatic carbocycles. The van der Waals surface area contributed by atoms with Crippen molar-refractivity contribution in [1.82, 2.24) is 4.31 Å². The van der Waals surface area contributed by atoms with Crippen molar-refractivity contribution >= 4 is 21.6 Å². The Kier molecular flexibility index (Phi) is 5.70. The molecule has 0 radical (unpaired) electrons. The maximum Gasteiger partial charge on any atom is 0.246 e. The Hall–Kier alpha value is -1.83. The Labute approximate surface area is 157 Å². The third-order valence-electron chi connectivity index (χ3n) is 4.26. The van der Waals surface area contributed by atoms with Gasteiger partial charge < -0.3 is 9.47 Å². The standard InChI is InChI=1S/C18H19ClFNO4S/c1-24-17-7-2-13(19)12-18(17)26(22,23)21-10-8-16(9-11-21)25-15-5-3-14(20)4-6-15/h2-7,12,16H,8-11H2,1H3. The minimum atomic E-state index is -3.71. The van der Waals surface area contributed by atoms with Crippen molar-refractivity contribution in [1.29, 1.82) is 0 Å². The van der Waals surface area contributed by atoms with E-state index >= 15 is 0 Å². The van der Waals surface area contributed by atoms with Gasteiger partial charge in [-0.05, 0) is 55.3 Å². The first kappa shape index (κ1) is 18.9. The molecule has 140 valence electrons. The predicted octanol–water partition coefficient (Wildman–Crippen LogP) is 3.72. The van der Waals surface area contributed by atoms with E-state index in [9.17, 15) is 12.8 Å². The molecule has 3 rings (SSSR count). The number of halogens is 2. The van der Waals surface area contributed by atoms with Crippen LogP contribution in [0.15, 0.2) is 47.4 Å². The van der Waals surface area contributed by atoms with Gasteiger partial charge in [0.1, 0.15) is 28.3 Å². The normalized spacial score (nSPS) is 16.4. The molecule has 2 aromatic carbocycles. The van der Waals surface area contributed by atoms with Crippen LogP contribution in [-0.4, -0.2) is 39.0 Å². The van der Waals surface area contributed by atoms with Crippen LogP contribution in [0.2, 0.25) is 5.02 Å². The summed E-state index contributed by atoms with van der Waals surface area (Å²) in [6.45, 7) is 0.647. The van der Waals surface area contributed by atoms with Crippen LogP contribution in [0.5, 0.6) is 11.5 Å². The number of ether oxygens (including phenoxy) is 2. The molecule has 0 amide bonds. The van der Waals surface area contributed by atoms with Crippen LogP contribution in [0, 0.1) is 5.82 Å². The first-order valence-corrected chi connectivity index (χ1v) is 9.98. The van der Waals surface area contributed by atoms with Crippen LogP contribution >= 0.6 is 11.6 Å². The molecule has 0 saturated carbocycles. The Balaban J connectivity index is 1.69. The van der Waals surface area contributed by atoms with Crippen molar-refractivity contribution in [3.8, 4) is 11.5 Å².